The largest absolute Gasteiger partial charge is 0.508 e. The van der Waals surface area contributed by atoms with E-state index in [1.165, 1.54) is 18.2 Å². The molecule has 2 aromatic carbocycles. The van der Waals surface area contributed by atoms with E-state index in [-0.39, 0.29) is 17.3 Å². The summed E-state index contributed by atoms with van der Waals surface area (Å²) in [7, 11) is 0. The van der Waals surface area contributed by atoms with Crippen molar-refractivity contribution >= 4 is 5.78 Å². The zero-order chi connectivity index (χ0) is 11.3. The molecule has 78 valence electrons. The average molecular weight is 212 g/mol. The van der Waals surface area contributed by atoms with Gasteiger partial charge in [0.05, 0.1) is 5.56 Å². The smallest absolute Gasteiger partial charge is 0.198 e. The van der Waals surface area contributed by atoms with Crippen LogP contribution in [0.1, 0.15) is 15.9 Å². The van der Waals surface area contributed by atoms with Crippen LogP contribution in [0.5, 0.6) is 11.5 Å². The van der Waals surface area contributed by atoms with Gasteiger partial charge in [-0.3, -0.25) is 4.79 Å². The van der Waals surface area contributed by atoms with Gasteiger partial charge in [-0.15, -0.1) is 0 Å². The number of carbonyl (C=O) groups is 1. The Morgan fingerprint density at radius 3 is 2.50 bits per heavy atom. The normalized spacial score (nSPS) is 12.4. The number of phenols is 2. The van der Waals surface area contributed by atoms with Crippen molar-refractivity contribution in [2.45, 2.75) is 0 Å². The lowest BCUT2D eigenvalue weighted by Crippen LogP contribution is -1.95. The SMILES string of the molecule is O=C1c2cc(O)ccc2-c2cccc(O)c21. The van der Waals surface area contributed by atoms with Crippen LogP contribution in [0.2, 0.25) is 0 Å². The summed E-state index contributed by atoms with van der Waals surface area (Å²) >= 11 is 0. The highest BCUT2D eigenvalue weighted by Crippen LogP contribution is 2.41. The molecule has 0 unspecified atom stereocenters. The van der Waals surface area contributed by atoms with Crippen molar-refractivity contribution in [3.63, 3.8) is 0 Å². The van der Waals surface area contributed by atoms with Gasteiger partial charge in [-0.25, -0.2) is 0 Å². The first-order valence-electron chi connectivity index (χ1n) is 4.88. The summed E-state index contributed by atoms with van der Waals surface area (Å²) in [6.07, 6.45) is 0. The molecule has 0 aromatic heterocycles. The molecule has 0 radical (unpaired) electrons. The molecule has 0 heterocycles. The lowest BCUT2D eigenvalue weighted by molar-refractivity contribution is 0.104. The van der Waals surface area contributed by atoms with Crippen LogP contribution in [0.25, 0.3) is 11.1 Å². The third kappa shape index (κ3) is 0.997. The Labute approximate surface area is 91.6 Å². The fraction of sp³-hybridized carbons (Fsp3) is 0. The topological polar surface area (TPSA) is 57.5 Å². The van der Waals surface area contributed by atoms with Gasteiger partial charge in [0.2, 0.25) is 0 Å². The van der Waals surface area contributed by atoms with Gasteiger partial charge in [0.25, 0.3) is 0 Å². The fourth-order valence-electron chi connectivity index (χ4n) is 2.09. The number of rotatable bonds is 0. The van der Waals surface area contributed by atoms with Gasteiger partial charge in [0, 0.05) is 5.56 Å². The maximum absolute atomic E-state index is 12.0. The highest BCUT2D eigenvalue weighted by molar-refractivity contribution is 6.23. The van der Waals surface area contributed by atoms with Crippen molar-refractivity contribution in [3.05, 3.63) is 47.5 Å². The molecular formula is C13H8O3. The molecule has 1 aliphatic rings. The van der Waals surface area contributed by atoms with Crippen molar-refractivity contribution < 1.29 is 15.0 Å². The first-order valence-corrected chi connectivity index (χ1v) is 4.88. The molecule has 0 spiro atoms. The van der Waals surface area contributed by atoms with Crippen LogP contribution < -0.4 is 0 Å². The number of hydrogen-bond donors (Lipinski definition) is 2. The summed E-state index contributed by atoms with van der Waals surface area (Å²) in [6.45, 7) is 0. The minimum Gasteiger partial charge on any atom is -0.508 e. The summed E-state index contributed by atoms with van der Waals surface area (Å²) < 4.78 is 0. The van der Waals surface area contributed by atoms with Crippen LogP contribution in [0, 0.1) is 0 Å². The Balaban J connectivity index is 2.39. The van der Waals surface area contributed by atoms with Gasteiger partial charge in [-0.1, -0.05) is 12.1 Å². The lowest BCUT2D eigenvalue weighted by atomic mass is 10.1. The summed E-state index contributed by atoms with van der Waals surface area (Å²) in [5.41, 5.74) is 2.24. The number of phenolic OH excluding ortho intramolecular Hbond substituents is 2. The van der Waals surface area contributed by atoms with E-state index >= 15 is 0 Å². The standard InChI is InChI=1S/C13H8O3/c14-7-4-5-8-9-2-1-3-11(15)12(9)13(16)10(8)6-7/h1-6,14-15H. The number of benzene rings is 2. The van der Waals surface area contributed by atoms with Crippen LogP contribution in [0.15, 0.2) is 36.4 Å². The first kappa shape index (κ1) is 8.97. The molecular weight excluding hydrogens is 204 g/mol. The minimum absolute atomic E-state index is 0.0156. The first-order chi connectivity index (χ1) is 7.68. The quantitative estimate of drug-likeness (QED) is 0.601. The van der Waals surface area contributed by atoms with E-state index in [0.717, 1.165) is 11.1 Å². The highest BCUT2D eigenvalue weighted by atomic mass is 16.3. The highest BCUT2D eigenvalue weighted by Gasteiger charge is 2.29. The lowest BCUT2D eigenvalue weighted by Gasteiger charge is -2.00. The molecule has 0 aliphatic heterocycles. The van der Waals surface area contributed by atoms with Gasteiger partial charge in [-0.2, -0.15) is 0 Å². The van der Waals surface area contributed by atoms with Gasteiger partial charge in [0.15, 0.2) is 5.78 Å². The van der Waals surface area contributed by atoms with Gasteiger partial charge >= 0.3 is 0 Å². The van der Waals surface area contributed by atoms with E-state index in [0.29, 0.717) is 11.1 Å². The molecule has 0 fully saturated rings. The van der Waals surface area contributed by atoms with E-state index in [1.807, 2.05) is 0 Å². The summed E-state index contributed by atoms with van der Waals surface area (Å²) in [5.74, 6) is -0.198. The van der Waals surface area contributed by atoms with E-state index in [1.54, 1.807) is 18.2 Å². The molecule has 3 rings (SSSR count). The van der Waals surface area contributed by atoms with Gasteiger partial charge in [-0.05, 0) is 35.4 Å². The minimum atomic E-state index is -0.237. The third-order valence-corrected chi connectivity index (χ3v) is 2.81. The van der Waals surface area contributed by atoms with Crippen molar-refractivity contribution in [2.75, 3.05) is 0 Å². The van der Waals surface area contributed by atoms with Gasteiger partial charge < -0.3 is 10.2 Å². The summed E-state index contributed by atoms with van der Waals surface area (Å²) in [6, 6.07) is 9.62. The molecule has 0 amide bonds. The van der Waals surface area contributed by atoms with Crippen LogP contribution in [-0.2, 0) is 0 Å². The van der Waals surface area contributed by atoms with Crippen LogP contribution in [0.3, 0.4) is 0 Å². The monoisotopic (exact) mass is 212 g/mol. The Hall–Kier alpha value is -2.29. The van der Waals surface area contributed by atoms with E-state index in [4.69, 9.17) is 0 Å². The molecule has 16 heavy (non-hydrogen) atoms. The number of hydrogen-bond acceptors (Lipinski definition) is 3. The zero-order valence-corrected chi connectivity index (χ0v) is 8.27. The Morgan fingerprint density at radius 2 is 1.69 bits per heavy atom. The Kier molecular flexibility index (Phi) is 1.60. The van der Waals surface area contributed by atoms with E-state index < -0.39 is 0 Å². The fourth-order valence-corrected chi connectivity index (χ4v) is 2.09. The van der Waals surface area contributed by atoms with Crippen LogP contribution in [0.4, 0.5) is 0 Å². The second kappa shape index (κ2) is 2.85. The summed E-state index contributed by atoms with van der Waals surface area (Å²) in [4.78, 5) is 12.0. The number of aromatic hydroxyl groups is 2. The van der Waals surface area contributed by atoms with Crippen molar-refractivity contribution in [2.24, 2.45) is 0 Å². The number of fused-ring (bicyclic) bond motifs is 3. The number of carbonyl (C=O) groups excluding carboxylic acids is 1. The Morgan fingerprint density at radius 1 is 0.875 bits per heavy atom. The Bertz CT molecular complexity index is 615. The second-order valence-corrected chi connectivity index (χ2v) is 3.76. The predicted octanol–water partition coefficient (Wildman–Crippen LogP) is 2.31. The number of ketones is 1. The zero-order valence-electron chi connectivity index (χ0n) is 8.27. The van der Waals surface area contributed by atoms with E-state index in [2.05, 4.69) is 0 Å². The predicted molar refractivity (Wildman–Crippen MR) is 58.6 cm³/mol. The molecule has 0 atom stereocenters. The van der Waals surface area contributed by atoms with Gasteiger partial charge in [0.1, 0.15) is 11.5 Å². The molecule has 0 saturated carbocycles. The molecule has 0 saturated heterocycles. The molecule has 0 bridgehead atoms. The second-order valence-electron chi connectivity index (χ2n) is 3.76. The van der Waals surface area contributed by atoms with Crippen LogP contribution in [-0.4, -0.2) is 16.0 Å². The van der Waals surface area contributed by atoms with Crippen molar-refractivity contribution in [3.8, 4) is 22.6 Å². The molecule has 1 aliphatic carbocycles. The maximum atomic E-state index is 12.0. The van der Waals surface area contributed by atoms with Crippen molar-refractivity contribution in [1.29, 1.82) is 0 Å². The molecule has 3 heteroatoms. The molecule has 2 aromatic rings. The third-order valence-electron chi connectivity index (χ3n) is 2.81. The molecule has 3 nitrogen and oxygen atoms in total. The van der Waals surface area contributed by atoms with Crippen LogP contribution >= 0.6 is 0 Å². The van der Waals surface area contributed by atoms with E-state index in [9.17, 15) is 15.0 Å². The summed E-state index contributed by atoms with van der Waals surface area (Å²) in [5, 5.41) is 19.0. The maximum Gasteiger partial charge on any atom is 0.198 e. The molecule has 2 N–H and O–H groups in total. The average Bonchev–Trinajstić information content (AvgIpc) is 2.54. The van der Waals surface area contributed by atoms with Crippen molar-refractivity contribution in [1.82, 2.24) is 0 Å².